The lowest BCUT2D eigenvalue weighted by molar-refractivity contribution is 0.102. The number of amides is 1. The van der Waals surface area contributed by atoms with Gasteiger partial charge in [-0.1, -0.05) is 46.9 Å². The van der Waals surface area contributed by atoms with Crippen LogP contribution < -0.4 is 5.32 Å². The van der Waals surface area contributed by atoms with Crippen molar-refractivity contribution >= 4 is 58.0 Å². The second kappa shape index (κ2) is 10.2. The standard InChI is InChI=1S/C27H21Cl3N4O/c28-19-7-5-17(6-8-19)15-18-3-1-2-4-22-25(27(35)32-21-11-13-31-14-12-21)33-34(26(18)22)24-10-9-20(29)16-23(24)30/h5-16H,1-4H2,(H,31,32,35)/b18-15+. The monoisotopic (exact) mass is 522 g/mol. The van der Waals surface area contributed by atoms with Crippen LogP contribution in [0.2, 0.25) is 15.1 Å². The summed E-state index contributed by atoms with van der Waals surface area (Å²) in [6.45, 7) is 0. The SMILES string of the molecule is O=C(Nc1ccncc1)c1nn(-c2ccc(Cl)cc2Cl)c2c1CCCC/C2=C\c1ccc(Cl)cc1. The highest BCUT2D eigenvalue weighted by atomic mass is 35.5. The van der Waals surface area contributed by atoms with Gasteiger partial charge in [0.05, 0.1) is 16.4 Å². The van der Waals surface area contributed by atoms with Crippen molar-refractivity contribution in [2.45, 2.75) is 25.7 Å². The Hall–Kier alpha value is -3.12. The van der Waals surface area contributed by atoms with Gasteiger partial charge in [0.2, 0.25) is 0 Å². The molecule has 1 aliphatic rings. The minimum Gasteiger partial charge on any atom is -0.320 e. The van der Waals surface area contributed by atoms with Crippen LogP contribution in [-0.4, -0.2) is 20.7 Å². The molecular formula is C27H21Cl3N4O. The molecule has 1 amide bonds. The van der Waals surface area contributed by atoms with Crippen molar-refractivity contribution in [1.82, 2.24) is 14.8 Å². The van der Waals surface area contributed by atoms with Gasteiger partial charge in [-0.25, -0.2) is 4.68 Å². The number of carbonyl (C=O) groups is 1. The molecule has 2 aromatic heterocycles. The van der Waals surface area contributed by atoms with Gasteiger partial charge in [-0.2, -0.15) is 5.10 Å². The molecule has 176 valence electrons. The molecule has 1 N–H and O–H groups in total. The average Bonchev–Trinajstić information content (AvgIpc) is 3.10. The van der Waals surface area contributed by atoms with E-state index in [9.17, 15) is 4.79 Å². The third-order valence-corrected chi connectivity index (χ3v) is 6.70. The lowest BCUT2D eigenvalue weighted by Crippen LogP contribution is -2.15. The lowest BCUT2D eigenvalue weighted by Gasteiger charge is -2.13. The first kappa shape index (κ1) is 23.6. The van der Waals surface area contributed by atoms with E-state index < -0.39 is 0 Å². The van der Waals surface area contributed by atoms with Crippen LogP contribution in [-0.2, 0) is 6.42 Å². The molecule has 0 saturated carbocycles. The summed E-state index contributed by atoms with van der Waals surface area (Å²) in [6.07, 6.45) is 8.92. The fraction of sp³-hybridized carbons (Fsp3) is 0.148. The van der Waals surface area contributed by atoms with E-state index in [1.807, 2.05) is 30.3 Å². The summed E-state index contributed by atoms with van der Waals surface area (Å²) in [7, 11) is 0. The minimum atomic E-state index is -0.274. The van der Waals surface area contributed by atoms with Gasteiger partial charge in [0.15, 0.2) is 5.69 Å². The largest absolute Gasteiger partial charge is 0.320 e. The summed E-state index contributed by atoms with van der Waals surface area (Å²) in [6, 6.07) is 16.5. The molecule has 0 spiro atoms. The van der Waals surface area contributed by atoms with Crippen molar-refractivity contribution in [3.63, 3.8) is 0 Å². The zero-order valence-electron chi connectivity index (χ0n) is 18.6. The van der Waals surface area contributed by atoms with Crippen LogP contribution in [0.1, 0.15) is 46.6 Å². The Morgan fingerprint density at radius 1 is 0.914 bits per heavy atom. The Labute approximate surface area is 218 Å². The van der Waals surface area contributed by atoms with Gasteiger partial charge >= 0.3 is 0 Å². The predicted octanol–water partition coefficient (Wildman–Crippen LogP) is 7.75. The molecule has 4 aromatic rings. The van der Waals surface area contributed by atoms with Crippen LogP contribution in [0.3, 0.4) is 0 Å². The number of benzene rings is 2. The van der Waals surface area contributed by atoms with Gasteiger partial charge in [0.25, 0.3) is 5.91 Å². The third-order valence-electron chi connectivity index (χ3n) is 5.91. The van der Waals surface area contributed by atoms with Crippen LogP contribution in [0.15, 0.2) is 67.0 Å². The number of halogens is 3. The molecule has 0 saturated heterocycles. The number of nitrogens with one attached hydrogen (secondary N) is 1. The Kier molecular flexibility index (Phi) is 6.91. The van der Waals surface area contributed by atoms with Crippen molar-refractivity contribution in [1.29, 1.82) is 0 Å². The van der Waals surface area contributed by atoms with Gasteiger partial charge in [0.1, 0.15) is 0 Å². The van der Waals surface area contributed by atoms with Crippen LogP contribution >= 0.6 is 34.8 Å². The van der Waals surface area contributed by atoms with Crippen molar-refractivity contribution < 1.29 is 4.79 Å². The number of hydrogen-bond acceptors (Lipinski definition) is 3. The Morgan fingerprint density at radius 2 is 1.63 bits per heavy atom. The molecule has 35 heavy (non-hydrogen) atoms. The third kappa shape index (κ3) is 5.13. The number of pyridine rings is 1. The highest BCUT2D eigenvalue weighted by Gasteiger charge is 2.28. The molecule has 2 heterocycles. The molecule has 0 aliphatic heterocycles. The first-order valence-electron chi connectivity index (χ1n) is 11.2. The molecule has 8 heteroatoms. The predicted molar refractivity (Wildman–Crippen MR) is 143 cm³/mol. The van der Waals surface area contributed by atoms with Gasteiger partial charge in [-0.05, 0) is 85.4 Å². The van der Waals surface area contributed by atoms with Gasteiger partial charge < -0.3 is 5.32 Å². The zero-order chi connectivity index (χ0) is 24.4. The molecule has 0 bridgehead atoms. The molecule has 0 unspecified atom stereocenters. The van der Waals surface area contributed by atoms with Crippen LogP contribution in [0.25, 0.3) is 17.3 Å². The van der Waals surface area contributed by atoms with Crippen molar-refractivity contribution in [2.75, 3.05) is 5.32 Å². The van der Waals surface area contributed by atoms with E-state index >= 15 is 0 Å². The molecule has 0 radical (unpaired) electrons. The summed E-state index contributed by atoms with van der Waals surface area (Å²) >= 11 is 18.9. The van der Waals surface area contributed by atoms with Crippen molar-refractivity contribution in [3.8, 4) is 5.69 Å². The second-order valence-electron chi connectivity index (χ2n) is 8.30. The first-order chi connectivity index (χ1) is 17.0. The molecule has 0 fully saturated rings. The van der Waals surface area contributed by atoms with Crippen molar-refractivity contribution in [3.05, 3.63) is 105 Å². The molecule has 1 aliphatic carbocycles. The Bertz CT molecular complexity index is 1410. The number of hydrogen-bond donors (Lipinski definition) is 1. The number of nitrogens with zero attached hydrogens (tertiary/aromatic N) is 3. The van der Waals surface area contributed by atoms with Crippen LogP contribution in [0.5, 0.6) is 0 Å². The highest BCUT2D eigenvalue weighted by molar-refractivity contribution is 6.35. The Balaban J connectivity index is 1.68. The molecule has 2 aromatic carbocycles. The lowest BCUT2D eigenvalue weighted by atomic mass is 10.0. The maximum Gasteiger partial charge on any atom is 0.276 e. The second-order valence-corrected chi connectivity index (χ2v) is 9.58. The summed E-state index contributed by atoms with van der Waals surface area (Å²) in [5, 5.41) is 9.41. The van der Waals surface area contributed by atoms with E-state index in [1.54, 1.807) is 41.3 Å². The number of carbonyl (C=O) groups excluding carboxylic acids is 1. The quantitative estimate of drug-likeness (QED) is 0.278. The fourth-order valence-electron chi connectivity index (χ4n) is 4.29. The van der Waals surface area contributed by atoms with Crippen molar-refractivity contribution in [2.24, 2.45) is 0 Å². The summed E-state index contributed by atoms with van der Waals surface area (Å²) in [5.41, 5.74) is 5.60. The smallest absolute Gasteiger partial charge is 0.276 e. The van der Waals surface area contributed by atoms with Gasteiger partial charge in [0, 0.05) is 33.7 Å². The molecule has 0 atom stereocenters. The molecule has 5 nitrogen and oxygen atoms in total. The average molecular weight is 524 g/mol. The number of fused-ring (bicyclic) bond motifs is 1. The van der Waals surface area contributed by atoms with E-state index in [0.717, 1.165) is 48.1 Å². The zero-order valence-corrected chi connectivity index (χ0v) is 20.9. The van der Waals surface area contributed by atoms with Gasteiger partial charge in [-0.3, -0.25) is 9.78 Å². The summed E-state index contributed by atoms with van der Waals surface area (Å²) in [5.74, 6) is -0.274. The maximum absolute atomic E-state index is 13.4. The Morgan fingerprint density at radius 3 is 2.37 bits per heavy atom. The van der Waals surface area contributed by atoms with Crippen LogP contribution in [0, 0.1) is 0 Å². The number of rotatable bonds is 4. The number of allylic oxidation sites excluding steroid dienone is 1. The fourth-order valence-corrected chi connectivity index (χ4v) is 4.90. The first-order valence-corrected chi connectivity index (χ1v) is 12.4. The normalized spacial score (nSPS) is 14.4. The number of aromatic nitrogens is 3. The van der Waals surface area contributed by atoms with E-state index in [-0.39, 0.29) is 5.91 Å². The van der Waals surface area contributed by atoms with E-state index in [0.29, 0.717) is 32.1 Å². The summed E-state index contributed by atoms with van der Waals surface area (Å²) in [4.78, 5) is 17.4. The van der Waals surface area contributed by atoms with E-state index in [2.05, 4.69) is 16.4 Å². The van der Waals surface area contributed by atoms with E-state index in [4.69, 9.17) is 39.9 Å². The molecular weight excluding hydrogens is 503 g/mol. The van der Waals surface area contributed by atoms with E-state index in [1.165, 1.54) is 0 Å². The number of anilines is 1. The molecule has 5 rings (SSSR count). The minimum absolute atomic E-state index is 0.274. The van der Waals surface area contributed by atoms with Crippen LogP contribution in [0.4, 0.5) is 5.69 Å². The topological polar surface area (TPSA) is 59.8 Å². The summed E-state index contributed by atoms with van der Waals surface area (Å²) < 4.78 is 1.78. The van der Waals surface area contributed by atoms with Gasteiger partial charge in [-0.15, -0.1) is 0 Å². The highest BCUT2D eigenvalue weighted by Crippen LogP contribution is 2.37. The maximum atomic E-state index is 13.4.